The van der Waals surface area contributed by atoms with E-state index in [1.807, 2.05) is 6.08 Å². The van der Waals surface area contributed by atoms with Gasteiger partial charge in [-0.3, -0.25) is 4.79 Å². The number of hydrogen-bond donors (Lipinski definition) is 6. The lowest BCUT2D eigenvalue weighted by atomic mass is 9.99. The molecule has 0 radical (unpaired) electrons. The largest absolute Gasteiger partial charge is 0.394 e. The van der Waals surface area contributed by atoms with E-state index >= 15 is 0 Å². The second kappa shape index (κ2) is 40.0. The number of aliphatic hydroxyl groups excluding tert-OH is 5. The van der Waals surface area contributed by atoms with Gasteiger partial charge in [0.05, 0.1) is 25.4 Å². The molecule has 1 rings (SSSR count). The van der Waals surface area contributed by atoms with Crippen molar-refractivity contribution in [3.63, 3.8) is 0 Å². The molecule has 1 fully saturated rings. The molecule has 0 aromatic heterocycles. The van der Waals surface area contributed by atoms with Crippen LogP contribution in [-0.2, 0) is 14.3 Å². The summed E-state index contributed by atoms with van der Waals surface area (Å²) in [6.45, 7) is 3.56. The lowest BCUT2D eigenvalue weighted by molar-refractivity contribution is -0.302. The van der Waals surface area contributed by atoms with Crippen molar-refractivity contribution >= 4 is 5.91 Å². The molecule has 0 bridgehead atoms. The molecule has 60 heavy (non-hydrogen) atoms. The number of allylic oxidation sites excluding steroid dienone is 17. The maximum absolute atomic E-state index is 12.9. The number of aliphatic hydroxyl groups is 5. The Labute approximate surface area is 364 Å². The molecule has 7 unspecified atom stereocenters. The first-order chi connectivity index (χ1) is 29.3. The lowest BCUT2D eigenvalue weighted by Gasteiger charge is -2.40. The fourth-order valence-electron chi connectivity index (χ4n) is 6.40. The smallest absolute Gasteiger partial charge is 0.220 e. The Morgan fingerprint density at radius 2 is 1.03 bits per heavy atom. The van der Waals surface area contributed by atoms with Gasteiger partial charge < -0.3 is 40.3 Å². The summed E-state index contributed by atoms with van der Waals surface area (Å²) >= 11 is 0. The third kappa shape index (κ3) is 30.0. The summed E-state index contributed by atoms with van der Waals surface area (Å²) in [5, 5.41) is 53.9. The average molecular weight is 838 g/mol. The second-order valence-corrected chi connectivity index (χ2v) is 15.5. The Bertz CT molecular complexity index is 1300. The lowest BCUT2D eigenvalue weighted by Crippen LogP contribution is -2.60. The van der Waals surface area contributed by atoms with Gasteiger partial charge in [0.1, 0.15) is 24.4 Å². The van der Waals surface area contributed by atoms with Crippen molar-refractivity contribution in [3.8, 4) is 0 Å². The molecule has 1 saturated heterocycles. The Kier molecular flexibility index (Phi) is 36.5. The van der Waals surface area contributed by atoms with Gasteiger partial charge in [-0.05, 0) is 83.5 Å². The molecule has 6 N–H and O–H groups in total. The number of amides is 1. The van der Waals surface area contributed by atoms with Crippen molar-refractivity contribution in [2.45, 2.75) is 192 Å². The number of nitrogens with one attached hydrogen (secondary N) is 1. The third-order valence-electron chi connectivity index (χ3n) is 10.1. The SMILES string of the molecule is CC/C=C\C/C=C\C/C=C\C/C=C\C/C=C\C/C=C\C/C=C\C/C=C\CCCCCCC(=O)NC(COC1OC(CO)C(O)C(O)C1O)C(O)/C=C/CCCCCCCC. The van der Waals surface area contributed by atoms with E-state index in [4.69, 9.17) is 9.47 Å². The highest BCUT2D eigenvalue weighted by Crippen LogP contribution is 2.22. The van der Waals surface area contributed by atoms with Gasteiger partial charge >= 0.3 is 0 Å². The Balaban J connectivity index is 2.27. The van der Waals surface area contributed by atoms with Crippen molar-refractivity contribution in [1.82, 2.24) is 5.32 Å². The van der Waals surface area contributed by atoms with Crippen LogP contribution in [0.2, 0.25) is 0 Å². The van der Waals surface area contributed by atoms with E-state index in [2.05, 4.69) is 116 Å². The minimum Gasteiger partial charge on any atom is -0.394 e. The van der Waals surface area contributed by atoms with Crippen LogP contribution in [0.5, 0.6) is 0 Å². The summed E-state index contributed by atoms with van der Waals surface area (Å²) in [7, 11) is 0. The summed E-state index contributed by atoms with van der Waals surface area (Å²) in [6.07, 6.45) is 51.5. The van der Waals surface area contributed by atoms with Crippen molar-refractivity contribution < 1.29 is 39.8 Å². The molecular formula is C51H83NO8. The predicted molar refractivity (Wildman–Crippen MR) is 248 cm³/mol. The number of carbonyl (C=O) groups is 1. The zero-order valence-corrected chi connectivity index (χ0v) is 37.2. The maximum atomic E-state index is 12.9. The molecule has 9 nitrogen and oxygen atoms in total. The standard InChI is InChI=1S/C51H83NO8/c1-3-5-7-9-11-13-14-15-16-17-18-19-20-21-22-23-24-25-26-27-28-29-30-31-32-33-35-37-39-41-47(55)52-44(45(54)40-38-36-34-12-10-8-6-4-2)43-59-51-50(58)49(57)48(56)46(42-53)60-51/h5,7,11,13,15-16,18-19,21-22,24-25,27-28,30-31,38,40,44-46,48-51,53-54,56-58H,3-4,6,8-10,12,14,17,20,23,26,29,32-37,39,41-43H2,1-2H3,(H,52,55)/b7-5-,13-11-,16-15-,19-18-,22-21-,25-24-,28-27-,31-30-,40-38+. The van der Waals surface area contributed by atoms with Crippen molar-refractivity contribution in [2.24, 2.45) is 0 Å². The molecule has 1 amide bonds. The minimum absolute atomic E-state index is 0.207. The van der Waals surface area contributed by atoms with E-state index in [1.165, 1.54) is 25.7 Å². The van der Waals surface area contributed by atoms with Gasteiger partial charge in [0.2, 0.25) is 5.91 Å². The molecule has 1 aliphatic rings. The van der Waals surface area contributed by atoms with Crippen LogP contribution in [0.1, 0.15) is 149 Å². The van der Waals surface area contributed by atoms with E-state index in [9.17, 15) is 30.3 Å². The summed E-state index contributed by atoms with van der Waals surface area (Å²) in [4.78, 5) is 12.9. The van der Waals surface area contributed by atoms with E-state index < -0.39 is 49.5 Å². The van der Waals surface area contributed by atoms with Gasteiger partial charge in [-0.1, -0.05) is 168 Å². The van der Waals surface area contributed by atoms with Crippen LogP contribution >= 0.6 is 0 Å². The molecular weight excluding hydrogens is 755 g/mol. The van der Waals surface area contributed by atoms with Crippen LogP contribution in [0.3, 0.4) is 0 Å². The molecule has 340 valence electrons. The molecule has 0 aliphatic carbocycles. The predicted octanol–water partition coefficient (Wildman–Crippen LogP) is 9.89. The van der Waals surface area contributed by atoms with E-state index in [-0.39, 0.29) is 12.5 Å². The molecule has 0 spiro atoms. The van der Waals surface area contributed by atoms with Gasteiger partial charge in [0, 0.05) is 6.42 Å². The fraction of sp³-hybridized carbons (Fsp3) is 0.627. The molecule has 0 saturated carbocycles. The summed E-state index contributed by atoms with van der Waals surface area (Å²) in [5.74, 6) is -0.212. The molecule has 0 aromatic carbocycles. The molecule has 0 aromatic rings. The number of hydrogen-bond acceptors (Lipinski definition) is 8. The minimum atomic E-state index is -1.58. The number of carbonyl (C=O) groups excluding carboxylic acids is 1. The number of unbranched alkanes of at least 4 members (excludes halogenated alkanes) is 10. The van der Waals surface area contributed by atoms with Gasteiger partial charge in [0.25, 0.3) is 0 Å². The summed E-state index contributed by atoms with van der Waals surface area (Å²) in [6, 6.07) is -0.824. The third-order valence-corrected chi connectivity index (χ3v) is 10.1. The van der Waals surface area contributed by atoms with Crippen LogP contribution in [-0.4, -0.2) is 87.5 Å². The monoisotopic (exact) mass is 838 g/mol. The summed E-state index contributed by atoms with van der Waals surface area (Å²) in [5.41, 5.74) is 0. The van der Waals surface area contributed by atoms with Gasteiger partial charge in [-0.15, -0.1) is 0 Å². The normalized spacial score (nSPS) is 21.6. The highest BCUT2D eigenvalue weighted by Gasteiger charge is 2.44. The van der Waals surface area contributed by atoms with Crippen LogP contribution in [0.15, 0.2) is 109 Å². The van der Waals surface area contributed by atoms with Crippen LogP contribution in [0.25, 0.3) is 0 Å². The van der Waals surface area contributed by atoms with E-state index in [0.717, 1.165) is 103 Å². The zero-order chi connectivity index (χ0) is 43.7. The molecule has 7 atom stereocenters. The van der Waals surface area contributed by atoms with Gasteiger partial charge in [-0.2, -0.15) is 0 Å². The first kappa shape index (κ1) is 54.9. The van der Waals surface area contributed by atoms with Gasteiger partial charge in [0.15, 0.2) is 6.29 Å². The number of ether oxygens (including phenoxy) is 2. The van der Waals surface area contributed by atoms with Crippen LogP contribution in [0, 0.1) is 0 Å². The second-order valence-electron chi connectivity index (χ2n) is 15.5. The first-order valence-corrected chi connectivity index (χ1v) is 23.1. The quantitative estimate of drug-likeness (QED) is 0.0270. The molecule has 9 heteroatoms. The van der Waals surface area contributed by atoms with E-state index in [0.29, 0.717) is 6.42 Å². The van der Waals surface area contributed by atoms with Crippen molar-refractivity contribution in [1.29, 1.82) is 0 Å². The Morgan fingerprint density at radius 3 is 1.53 bits per heavy atom. The average Bonchev–Trinajstić information content (AvgIpc) is 3.25. The summed E-state index contributed by atoms with van der Waals surface area (Å²) < 4.78 is 11.1. The first-order valence-electron chi connectivity index (χ1n) is 23.1. The Morgan fingerprint density at radius 1 is 0.583 bits per heavy atom. The number of rotatable bonds is 36. The van der Waals surface area contributed by atoms with Crippen LogP contribution in [0.4, 0.5) is 0 Å². The topological polar surface area (TPSA) is 149 Å². The van der Waals surface area contributed by atoms with Gasteiger partial charge in [-0.25, -0.2) is 0 Å². The van der Waals surface area contributed by atoms with E-state index in [1.54, 1.807) is 6.08 Å². The zero-order valence-electron chi connectivity index (χ0n) is 37.2. The fourth-order valence-corrected chi connectivity index (χ4v) is 6.40. The maximum Gasteiger partial charge on any atom is 0.220 e. The highest BCUT2D eigenvalue weighted by molar-refractivity contribution is 5.76. The molecule has 1 aliphatic heterocycles. The molecule has 1 heterocycles. The van der Waals surface area contributed by atoms with Crippen molar-refractivity contribution in [2.75, 3.05) is 13.2 Å². The Hall–Kier alpha value is -3.15. The highest BCUT2D eigenvalue weighted by atomic mass is 16.7. The van der Waals surface area contributed by atoms with Crippen LogP contribution < -0.4 is 5.32 Å². The van der Waals surface area contributed by atoms with Crippen molar-refractivity contribution in [3.05, 3.63) is 109 Å².